The molecular weight excluding hydrogens is 238 g/mol. The molecule has 2 heterocycles. The molecule has 1 saturated heterocycles. The summed E-state index contributed by atoms with van der Waals surface area (Å²) in [4.78, 5) is 12.8. The molecule has 0 bridgehead atoms. The quantitative estimate of drug-likeness (QED) is 0.798. The standard InChI is InChI=1S/C14H21N5/c1-10-8-19(6-5-18(10)2)9-14-16-12-4-3-11(15)7-13(12)17-14/h3-4,7,10H,5-6,8-9,15H2,1-2H3,(H,16,17). The predicted molar refractivity (Wildman–Crippen MR) is 77.9 cm³/mol. The van der Waals surface area contributed by atoms with Gasteiger partial charge >= 0.3 is 0 Å². The zero-order chi connectivity index (χ0) is 13.4. The molecule has 1 unspecified atom stereocenters. The van der Waals surface area contributed by atoms with Crippen LogP contribution in [0, 0.1) is 0 Å². The van der Waals surface area contributed by atoms with Crippen LogP contribution in [0.15, 0.2) is 18.2 Å². The third-order valence-electron chi connectivity index (χ3n) is 3.97. The molecule has 5 nitrogen and oxygen atoms in total. The average molecular weight is 259 g/mol. The van der Waals surface area contributed by atoms with Crippen LogP contribution in [0.3, 0.4) is 0 Å². The van der Waals surface area contributed by atoms with Gasteiger partial charge < -0.3 is 15.6 Å². The lowest BCUT2D eigenvalue weighted by molar-refractivity contribution is 0.0983. The molecular formula is C14H21N5. The third kappa shape index (κ3) is 2.57. The van der Waals surface area contributed by atoms with Crippen LogP contribution in [-0.4, -0.2) is 52.5 Å². The maximum Gasteiger partial charge on any atom is 0.121 e. The summed E-state index contributed by atoms with van der Waals surface area (Å²) in [5.74, 6) is 1.03. The zero-order valence-corrected chi connectivity index (χ0v) is 11.6. The number of aromatic nitrogens is 2. The van der Waals surface area contributed by atoms with E-state index in [9.17, 15) is 0 Å². The molecule has 0 amide bonds. The molecule has 1 aliphatic rings. The van der Waals surface area contributed by atoms with Crippen LogP contribution in [0.2, 0.25) is 0 Å². The van der Waals surface area contributed by atoms with Crippen molar-refractivity contribution < 1.29 is 0 Å². The fourth-order valence-corrected chi connectivity index (χ4v) is 2.63. The van der Waals surface area contributed by atoms with Gasteiger partial charge in [0.15, 0.2) is 0 Å². The van der Waals surface area contributed by atoms with E-state index in [0.717, 1.165) is 48.7 Å². The molecule has 0 aliphatic carbocycles. The van der Waals surface area contributed by atoms with Gasteiger partial charge in [-0.15, -0.1) is 0 Å². The summed E-state index contributed by atoms with van der Waals surface area (Å²) in [5.41, 5.74) is 8.58. The maximum atomic E-state index is 5.79. The second kappa shape index (κ2) is 4.83. The zero-order valence-electron chi connectivity index (χ0n) is 11.6. The number of nitrogens with zero attached hydrogens (tertiary/aromatic N) is 3. The van der Waals surface area contributed by atoms with E-state index in [1.807, 2.05) is 18.2 Å². The molecule has 1 aliphatic heterocycles. The fraction of sp³-hybridized carbons (Fsp3) is 0.500. The molecule has 102 valence electrons. The highest BCUT2D eigenvalue weighted by Crippen LogP contribution is 2.16. The van der Waals surface area contributed by atoms with E-state index in [1.165, 1.54) is 0 Å². The van der Waals surface area contributed by atoms with Gasteiger partial charge in [-0.3, -0.25) is 4.90 Å². The average Bonchev–Trinajstić information content (AvgIpc) is 2.75. The minimum absolute atomic E-state index is 0.605. The number of likely N-dealkylation sites (N-methyl/N-ethyl adjacent to an activating group) is 1. The van der Waals surface area contributed by atoms with E-state index in [1.54, 1.807) is 0 Å². The van der Waals surface area contributed by atoms with Gasteiger partial charge in [-0.2, -0.15) is 0 Å². The Morgan fingerprint density at radius 3 is 3.05 bits per heavy atom. The van der Waals surface area contributed by atoms with Gasteiger partial charge in [-0.05, 0) is 32.2 Å². The Balaban J connectivity index is 1.74. The lowest BCUT2D eigenvalue weighted by Crippen LogP contribution is -2.49. The first-order chi connectivity index (χ1) is 9.11. The summed E-state index contributed by atoms with van der Waals surface area (Å²) in [6.45, 7) is 6.46. The number of nitrogens with one attached hydrogen (secondary N) is 1. The number of fused-ring (bicyclic) bond motifs is 1. The van der Waals surface area contributed by atoms with Crippen LogP contribution < -0.4 is 5.73 Å². The van der Waals surface area contributed by atoms with Gasteiger partial charge in [0, 0.05) is 31.4 Å². The number of nitrogens with two attached hydrogens (primary N) is 1. The van der Waals surface area contributed by atoms with E-state index in [4.69, 9.17) is 5.73 Å². The molecule has 5 heteroatoms. The summed E-state index contributed by atoms with van der Waals surface area (Å²) in [6.07, 6.45) is 0. The SMILES string of the molecule is CC1CN(Cc2nc3ccc(N)cc3[nH]2)CCN1C. The Morgan fingerprint density at radius 1 is 1.42 bits per heavy atom. The van der Waals surface area contributed by atoms with Gasteiger partial charge in [0.05, 0.1) is 17.6 Å². The van der Waals surface area contributed by atoms with Crippen molar-refractivity contribution in [3.05, 3.63) is 24.0 Å². The Labute approximate surface area is 113 Å². The number of H-pyrrole nitrogens is 1. The largest absolute Gasteiger partial charge is 0.399 e. The molecule has 1 fully saturated rings. The molecule has 0 spiro atoms. The van der Waals surface area contributed by atoms with Crippen molar-refractivity contribution in [1.82, 2.24) is 19.8 Å². The number of imidazole rings is 1. The third-order valence-corrected chi connectivity index (χ3v) is 3.97. The number of anilines is 1. The lowest BCUT2D eigenvalue weighted by atomic mass is 10.2. The second-order valence-electron chi connectivity index (χ2n) is 5.52. The molecule has 2 aromatic rings. The number of hydrogen-bond acceptors (Lipinski definition) is 4. The van der Waals surface area contributed by atoms with Crippen molar-refractivity contribution in [3.8, 4) is 0 Å². The van der Waals surface area contributed by atoms with E-state index in [2.05, 4.69) is 33.7 Å². The lowest BCUT2D eigenvalue weighted by Gasteiger charge is -2.37. The van der Waals surface area contributed by atoms with Gasteiger partial charge in [0.2, 0.25) is 0 Å². The van der Waals surface area contributed by atoms with Gasteiger partial charge in [-0.25, -0.2) is 4.98 Å². The van der Waals surface area contributed by atoms with Crippen molar-refractivity contribution in [1.29, 1.82) is 0 Å². The first-order valence-electron chi connectivity index (χ1n) is 6.78. The number of rotatable bonds is 2. The van der Waals surface area contributed by atoms with Crippen molar-refractivity contribution in [2.45, 2.75) is 19.5 Å². The summed E-state index contributed by atoms with van der Waals surface area (Å²) in [7, 11) is 2.19. The van der Waals surface area contributed by atoms with Crippen LogP contribution in [0.5, 0.6) is 0 Å². The van der Waals surface area contributed by atoms with Crippen LogP contribution in [0.25, 0.3) is 11.0 Å². The smallest absolute Gasteiger partial charge is 0.121 e. The van der Waals surface area contributed by atoms with Crippen LogP contribution in [0.1, 0.15) is 12.7 Å². The number of piperazine rings is 1. The van der Waals surface area contributed by atoms with Crippen LogP contribution in [-0.2, 0) is 6.54 Å². The fourth-order valence-electron chi connectivity index (χ4n) is 2.63. The predicted octanol–water partition coefficient (Wildman–Crippen LogP) is 1.28. The minimum Gasteiger partial charge on any atom is -0.399 e. The minimum atomic E-state index is 0.605. The summed E-state index contributed by atoms with van der Waals surface area (Å²) in [6, 6.07) is 6.41. The van der Waals surface area contributed by atoms with Crippen molar-refractivity contribution >= 4 is 16.7 Å². The highest BCUT2D eigenvalue weighted by Gasteiger charge is 2.21. The maximum absolute atomic E-state index is 5.79. The van der Waals surface area contributed by atoms with Crippen molar-refractivity contribution in [2.75, 3.05) is 32.4 Å². The molecule has 0 radical (unpaired) electrons. The normalized spacial score (nSPS) is 22.1. The number of aromatic amines is 1. The Kier molecular flexibility index (Phi) is 3.16. The van der Waals surface area contributed by atoms with Gasteiger partial charge in [-0.1, -0.05) is 0 Å². The van der Waals surface area contributed by atoms with Crippen LogP contribution >= 0.6 is 0 Å². The topological polar surface area (TPSA) is 61.2 Å². The highest BCUT2D eigenvalue weighted by atomic mass is 15.3. The molecule has 1 atom stereocenters. The summed E-state index contributed by atoms with van der Waals surface area (Å²) >= 11 is 0. The Bertz CT molecular complexity index is 576. The number of hydrogen-bond donors (Lipinski definition) is 2. The summed E-state index contributed by atoms with van der Waals surface area (Å²) < 4.78 is 0. The van der Waals surface area contributed by atoms with Gasteiger partial charge in [0.25, 0.3) is 0 Å². The first-order valence-corrected chi connectivity index (χ1v) is 6.78. The Hall–Kier alpha value is -1.59. The van der Waals surface area contributed by atoms with Crippen LogP contribution in [0.4, 0.5) is 5.69 Å². The highest BCUT2D eigenvalue weighted by molar-refractivity contribution is 5.78. The first kappa shape index (κ1) is 12.4. The molecule has 19 heavy (non-hydrogen) atoms. The van der Waals surface area contributed by atoms with E-state index >= 15 is 0 Å². The van der Waals surface area contributed by atoms with E-state index in [0.29, 0.717) is 6.04 Å². The Morgan fingerprint density at radius 2 is 2.26 bits per heavy atom. The number of benzene rings is 1. The molecule has 3 N–H and O–H groups in total. The van der Waals surface area contributed by atoms with E-state index < -0.39 is 0 Å². The molecule has 3 rings (SSSR count). The van der Waals surface area contributed by atoms with E-state index in [-0.39, 0.29) is 0 Å². The summed E-state index contributed by atoms with van der Waals surface area (Å²) in [5, 5.41) is 0. The molecule has 1 aromatic heterocycles. The monoisotopic (exact) mass is 259 g/mol. The molecule has 0 saturated carbocycles. The van der Waals surface area contributed by atoms with Crippen molar-refractivity contribution in [3.63, 3.8) is 0 Å². The number of nitrogen functional groups attached to an aromatic ring is 1. The van der Waals surface area contributed by atoms with Gasteiger partial charge in [0.1, 0.15) is 5.82 Å². The van der Waals surface area contributed by atoms with Crippen molar-refractivity contribution in [2.24, 2.45) is 0 Å². The second-order valence-corrected chi connectivity index (χ2v) is 5.52. The molecule has 1 aromatic carbocycles.